The van der Waals surface area contributed by atoms with Crippen LogP contribution in [0.1, 0.15) is 181 Å². The molecule has 0 aromatic rings. The zero-order chi connectivity index (χ0) is 31.4. The Morgan fingerprint density at radius 2 is 0.884 bits per heavy atom. The number of aliphatic hydroxyl groups excluding tert-OH is 2. The molecule has 254 valence electrons. The van der Waals surface area contributed by atoms with Crippen LogP contribution in [0.2, 0.25) is 0 Å². The highest BCUT2D eigenvalue weighted by Gasteiger charge is 2.43. The summed E-state index contributed by atoms with van der Waals surface area (Å²) < 4.78 is 17.8. The number of thiocarbonyl (C=S) groups is 2. The van der Waals surface area contributed by atoms with E-state index in [-0.39, 0.29) is 13.2 Å². The van der Waals surface area contributed by atoms with Gasteiger partial charge >= 0.3 is 0 Å². The maximum atomic E-state index is 10.7. The molecular weight excluding hydrogens is 577 g/mol. The van der Waals surface area contributed by atoms with Crippen molar-refractivity contribution in [3.8, 4) is 0 Å². The zero-order valence-electron chi connectivity index (χ0n) is 28.0. The van der Waals surface area contributed by atoms with Gasteiger partial charge in [0.1, 0.15) is 12.2 Å². The lowest BCUT2D eigenvalue weighted by Gasteiger charge is -2.40. The fraction of sp³-hybridized carbons (Fsp3) is 0.944. The molecule has 0 aliphatic carbocycles. The molecule has 7 heteroatoms. The summed E-state index contributed by atoms with van der Waals surface area (Å²) in [7, 11) is 0. The predicted molar refractivity (Wildman–Crippen MR) is 189 cm³/mol. The second-order valence-corrected chi connectivity index (χ2v) is 13.7. The molecule has 1 aliphatic heterocycles. The minimum atomic E-state index is -0.873. The van der Waals surface area contributed by atoms with Gasteiger partial charge in [0.2, 0.25) is 0 Å². The molecule has 43 heavy (non-hydrogen) atoms. The van der Waals surface area contributed by atoms with Gasteiger partial charge in [-0.3, -0.25) is 0 Å². The van der Waals surface area contributed by atoms with Crippen molar-refractivity contribution in [2.45, 2.75) is 205 Å². The van der Waals surface area contributed by atoms with Crippen LogP contribution >= 0.6 is 24.4 Å². The van der Waals surface area contributed by atoms with Gasteiger partial charge in [0.15, 0.2) is 22.3 Å². The summed E-state index contributed by atoms with van der Waals surface area (Å²) in [4.78, 5) is 0. The van der Waals surface area contributed by atoms with Crippen LogP contribution in [0.15, 0.2) is 0 Å². The van der Waals surface area contributed by atoms with Gasteiger partial charge in [0.25, 0.3) is 0 Å². The Bertz CT molecular complexity index is 662. The summed E-state index contributed by atoms with van der Waals surface area (Å²) in [5.41, 5.74) is 0. The van der Waals surface area contributed by atoms with Crippen molar-refractivity contribution in [2.24, 2.45) is 0 Å². The lowest BCUT2D eigenvalue weighted by Crippen LogP contribution is -2.57. The fourth-order valence-corrected chi connectivity index (χ4v) is 6.44. The molecule has 4 atom stereocenters. The van der Waals surface area contributed by atoms with Gasteiger partial charge < -0.3 is 24.4 Å². The van der Waals surface area contributed by atoms with Gasteiger partial charge in [-0.1, -0.05) is 155 Å². The average Bonchev–Trinajstić information content (AvgIpc) is 3.00. The summed E-state index contributed by atoms with van der Waals surface area (Å²) in [5, 5.41) is 21.6. The van der Waals surface area contributed by atoms with Crippen LogP contribution in [0.25, 0.3) is 0 Å². The fourth-order valence-electron chi connectivity index (χ4n) is 5.93. The van der Waals surface area contributed by atoms with Crippen molar-refractivity contribution in [3.63, 3.8) is 0 Å². The molecule has 0 bridgehead atoms. The Kier molecular flexibility index (Phi) is 27.5. The SMILES string of the molecule is CCCCCCCCCCCCCCC(=S)O[C@H]1[C@H](OC(=S)CCCCCCCCCCCCCC)[C@@H](CO)OC[C@@H]1O. The Hall–Kier alpha value is -0.340. The molecule has 1 aliphatic rings. The van der Waals surface area contributed by atoms with Gasteiger partial charge in [0, 0.05) is 12.8 Å². The molecule has 0 unspecified atom stereocenters. The first-order valence-electron chi connectivity index (χ1n) is 18.3. The highest BCUT2D eigenvalue weighted by molar-refractivity contribution is 7.80. The molecule has 0 spiro atoms. The summed E-state index contributed by atoms with van der Waals surface area (Å²) in [5.74, 6) is 0. The third-order valence-corrected chi connectivity index (χ3v) is 9.34. The minimum absolute atomic E-state index is 0.0858. The Morgan fingerprint density at radius 3 is 1.23 bits per heavy atom. The molecule has 5 nitrogen and oxygen atoms in total. The van der Waals surface area contributed by atoms with Gasteiger partial charge in [0.05, 0.1) is 13.2 Å². The number of hydrogen-bond acceptors (Lipinski definition) is 7. The van der Waals surface area contributed by atoms with E-state index in [9.17, 15) is 10.2 Å². The molecule has 2 N–H and O–H groups in total. The molecular formula is C36H68O5S2. The number of unbranched alkanes of at least 4 members (excludes halogenated alkanes) is 22. The Labute approximate surface area is 276 Å². The minimum Gasteiger partial charge on any atom is -0.477 e. The summed E-state index contributed by atoms with van der Waals surface area (Å²) in [6, 6.07) is 0. The van der Waals surface area contributed by atoms with Gasteiger partial charge in [-0.25, -0.2) is 0 Å². The van der Waals surface area contributed by atoms with Gasteiger partial charge in [-0.2, -0.15) is 0 Å². The second-order valence-electron chi connectivity index (χ2n) is 12.8. The van der Waals surface area contributed by atoms with Crippen LogP contribution in [0, 0.1) is 0 Å². The van der Waals surface area contributed by atoms with Gasteiger partial charge in [-0.05, 0) is 37.3 Å². The second kappa shape index (κ2) is 29.1. The van der Waals surface area contributed by atoms with E-state index in [0.29, 0.717) is 22.9 Å². The van der Waals surface area contributed by atoms with Crippen molar-refractivity contribution < 1.29 is 24.4 Å². The van der Waals surface area contributed by atoms with E-state index in [2.05, 4.69) is 13.8 Å². The molecule has 0 saturated carbocycles. The third kappa shape index (κ3) is 21.9. The molecule has 0 radical (unpaired) electrons. The number of rotatable bonds is 29. The highest BCUT2D eigenvalue weighted by atomic mass is 32.1. The highest BCUT2D eigenvalue weighted by Crippen LogP contribution is 2.24. The van der Waals surface area contributed by atoms with Gasteiger partial charge in [-0.15, -0.1) is 0 Å². The van der Waals surface area contributed by atoms with E-state index in [1.54, 1.807) is 0 Å². The summed E-state index contributed by atoms with van der Waals surface area (Å²) in [6.07, 6.45) is 29.6. The maximum absolute atomic E-state index is 10.7. The van der Waals surface area contributed by atoms with E-state index in [1.165, 1.54) is 128 Å². The molecule has 1 saturated heterocycles. The van der Waals surface area contributed by atoms with Crippen LogP contribution in [0.3, 0.4) is 0 Å². The molecule has 1 heterocycles. The zero-order valence-corrected chi connectivity index (χ0v) is 29.7. The van der Waals surface area contributed by atoms with E-state index in [1.807, 2.05) is 0 Å². The maximum Gasteiger partial charge on any atom is 0.167 e. The lowest BCUT2D eigenvalue weighted by molar-refractivity contribution is -0.185. The molecule has 0 aromatic carbocycles. The molecule has 1 rings (SSSR count). The molecule has 0 amide bonds. The molecule has 1 fully saturated rings. The Morgan fingerprint density at radius 1 is 0.558 bits per heavy atom. The smallest absolute Gasteiger partial charge is 0.167 e. The van der Waals surface area contributed by atoms with Crippen LogP contribution in [-0.2, 0) is 14.2 Å². The van der Waals surface area contributed by atoms with E-state index in [4.69, 9.17) is 38.6 Å². The summed E-state index contributed by atoms with van der Waals surface area (Å²) >= 11 is 11.1. The van der Waals surface area contributed by atoms with Crippen LogP contribution < -0.4 is 0 Å². The molecule has 0 aromatic heterocycles. The first-order valence-corrected chi connectivity index (χ1v) is 19.1. The van der Waals surface area contributed by atoms with E-state index >= 15 is 0 Å². The topological polar surface area (TPSA) is 68.2 Å². The lowest BCUT2D eigenvalue weighted by atomic mass is 9.99. The van der Waals surface area contributed by atoms with Crippen molar-refractivity contribution in [2.75, 3.05) is 13.2 Å². The largest absolute Gasteiger partial charge is 0.477 e. The number of ether oxygens (including phenoxy) is 3. The van der Waals surface area contributed by atoms with Crippen LogP contribution in [0.5, 0.6) is 0 Å². The van der Waals surface area contributed by atoms with Crippen LogP contribution in [-0.4, -0.2) is 57.9 Å². The van der Waals surface area contributed by atoms with E-state index in [0.717, 1.165) is 25.7 Å². The normalized spacial score (nSPS) is 20.3. The monoisotopic (exact) mass is 644 g/mol. The predicted octanol–water partition coefficient (Wildman–Crippen LogP) is 10.3. The van der Waals surface area contributed by atoms with Crippen molar-refractivity contribution >= 4 is 34.5 Å². The number of aliphatic hydroxyl groups is 2. The number of hydrogen-bond donors (Lipinski definition) is 2. The first-order chi connectivity index (χ1) is 21.0. The van der Waals surface area contributed by atoms with Crippen LogP contribution in [0.4, 0.5) is 0 Å². The average molecular weight is 645 g/mol. The standard InChI is InChI=1S/C36H68O5S2/c1-3-5-7-9-11-13-15-17-19-21-23-25-27-33(42)40-35-31(38)30-39-32(29-37)36(35)41-34(43)28-26-24-22-20-18-16-14-12-10-8-6-4-2/h31-32,35-38H,3-30H2,1-2H3/t31-,32+,35+,36+/m0/s1. The third-order valence-electron chi connectivity index (χ3n) is 8.73. The van der Waals surface area contributed by atoms with Crippen molar-refractivity contribution in [1.82, 2.24) is 0 Å². The van der Waals surface area contributed by atoms with E-state index < -0.39 is 24.4 Å². The van der Waals surface area contributed by atoms with Crippen molar-refractivity contribution in [1.29, 1.82) is 0 Å². The first kappa shape index (κ1) is 40.7. The van der Waals surface area contributed by atoms with Crippen molar-refractivity contribution in [3.05, 3.63) is 0 Å². The summed E-state index contributed by atoms with van der Waals surface area (Å²) in [6.45, 7) is 4.40. The Balaban J connectivity index is 2.22. The quantitative estimate of drug-likeness (QED) is 0.0620.